The van der Waals surface area contributed by atoms with E-state index in [2.05, 4.69) is 26.3 Å². The summed E-state index contributed by atoms with van der Waals surface area (Å²) in [6.07, 6.45) is 6.57. The van der Waals surface area contributed by atoms with E-state index in [-0.39, 0.29) is 17.7 Å². The van der Waals surface area contributed by atoms with Gasteiger partial charge in [0.1, 0.15) is 11.4 Å². The van der Waals surface area contributed by atoms with Crippen LogP contribution in [0.2, 0.25) is 0 Å². The van der Waals surface area contributed by atoms with Gasteiger partial charge in [-0.15, -0.1) is 0 Å². The number of hydrogen-bond donors (Lipinski definition) is 3. The van der Waals surface area contributed by atoms with Crippen LogP contribution in [0.1, 0.15) is 27.5 Å². The molecule has 1 unspecified atom stereocenters. The van der Waals surface area contributed by atoms with Gasteiger partial charge in [0.2, 0.25) is 0 Å². The van der Waals surface area contributed by atoms with Gasteiger partial charge < -0.3 is 15.4 Å². The molecule has 6 nitrogen and oxygen atoms in total. The third-order valence-electron chi connectivity index (χ3n) is 5.96. The molecule has 32 heavy (non-hydrogen) atoms. The number of carbonyl (C=O) groups is 1. The van der Waals surface area contributed by atoms with Gasteiger partial charge >= 0.3 is 0 Å². The standard InChI is InChI=1S/C26H18N4O2/c31-16-12-15(13-27-14-16)17-6-3-7-22-23(17)18-4-1-2-5-19(18)24(22)30-26(32)21-9-11-29-25-20(21)8-10-28-25/h1-14,24,31H,(H,28,29)(H,30,32). The number of aromatic amines is 1. The van der Waals surface area contributed by atoms with Crippen LogP contribution in [0.25, 0.3) is 33.3 Å². The zero-order chi connectivity index (χ0) is 21.7. The summed E-state index contributed by atoms with van der Waals surface area (Å²) < 4.78 is 0. The Kier molecular flexibility index (Phi) is 4.04. The van der Waals surface area contributed by atoms with Gasteiger partial charge in [0.25, 0.3) is 5.91 Å². The first-order valence-corrected chi connectivity index (χ1v) is 10.3. The largest absolute Gasteiger partial charge is 0.506 e. The molecule has 0 bridgehead atoms. The lowest BCUT2D eigenvalue weighted by Crippen LogP contribution is -2.28. The minimum absolute atomic E-state index is 0.115. The lowest BCUT2D eigenvalue weighted by atomic mass is 9.95. The average molecular weight is 418 g/mol. The van der Waals surface area contributed by atoms with Crippen LogP contribution in [0.5, 0.6) is 5.75 Å². The third kappa shape index (κ3) is 2.77. The van der Waals surface area contributed by atoms with E-state index in [0.717, 1.165) is 38.8 Å². The predicted octanol–water partition coefficient (Wildman–Crippen LogP) is 4.83. The van der Waals surface area contributed by atoms with Gasteiger partial charge in [0.05, 0.1) is 17.8 Å². The van der Waals surface area contributed by atoms with E-state index in [1.807, 2.05) is 42.5 Å². The van der Waals surface area contributed by atoms with Gasteiger partial charge in [0, 0.05) is 29.5 Å². The van der Waals surface area contributed by atoms with E-state index < -0.39 is 0 Å². The van der Waals surface area contributed by atoms with Crippen molar-refractivity contribution in [3.63, 3.8) is 0 Å². The van der Waals surface area contributed by atoms with Crippen LogP contribution < -0.4 is 5.32 Å². The third-order valence-corrected chi connectivity index (χ3v) is 5.96. The number of H-pyrrole nitrogens is 1. The number of amides is 1. The van der Waals surface area contributed by atoms with E-state index in [9.17, 15) is 9.90 Å². The Balaban J connectivity index is 1.48. The highest BCUT2D eigenvalue weighted by Crippen LogP contribution is 2.48. The van der Waals surface area contributed by atoms with E-state index >= 15 is 0 Å². The van der Waals surface area contributed by atoms with Gasteiger partial charge in [-0.25, -0.2) is 4.98 Å². The second-order valence-corrected chi connectivity index (χ2v) is 7.79. The Morgan fingerprint density at radius 1 is 0.969 bits per heavy atom. The first kappa shape index (κ1) is 18.3. The smallest absolute Gasteiger partial charge is 0.252 e. The molecular weight excluding hydrogens is 400 g/mol. The summed E-state index contributed by atoms with van der Waals surface area (Å²) in [6.45, 7) is 0. The first-order valence-electron chi connectivity index (χ1n) is 10.3. The zero-order valence-electron chi connectivity index (χ0n) is 16.9. The summed E-state index contributed by atoms with van der Waals surface area (Å²) in [5, 5.41) is 14.0. The van der Waals surface area contributed by atoms with Crippen LogP contribution in [-0.2, 0) is 0 Å². The minimum Gasteiger partial charge on any atom is -0.506 e. The van der Waals surface area contributed by atoms with Crippen molar-refractivity contribution < 1.29 is 9.90 Å². The molecule has 3 N–H and O–H groups in total. The van der Waals surface area contributed by atoms with Crippen molar-refractivity contribution in [1.29, 1.82) is 0 Å². The molecule has 0 aliphatic heterocycles. The highest BCUT2D eigenvalue weighted by Gasteiger charge is 2.32. The van der Waals surface area contributed by atoms with Crippen molar-refractivity contribution in [2.24, 2.45) is 0 Å². The van der Waals surface area contributed by atoms with Gasteiger partial charge in [-0.3, -0.25) is 9.78 Å². The summed E-state index contributed by atoms with van der Waals surface area (Å²) in [5.41, 5.74) is 7.21. The highest BCUT2D eigenvalue weighted by molar-refractivity contribution is 6.06. The molecule has 154 valence electrons. The first-order chi connectivity index (χ1) is 15.7. The van der Waals surface area contributed by atoms with Crippen molar-refractivity contribution in [1.82, 2.24) is 20.3 Å². The number of fused-ring (bicyclic) bond motifs is 4. The van der Waals surface area contributed by atoms with Gasteiger partial charge in [-0.1, -0.05) is 42.5 Å². The number of aromatic nitrogens is 3. The van der Waals surface area contributed by atoms with E-state index in [1.165, 1.54) is 6.20 Å². The molecule has 3 aromatic heterocycles. The Morgan fingerprint density at radius 3 is 2.72 bits per heavy atom. The number of aromatic hydroxyl groups is 1. The van der Waals surface area contributed by atoms with E-state index in [1.54, 1.807) is 30.7 Å². The molecule has 0 spiro atoms. The highest BCUT2D eigenvalue weighted by atomic mass is 16.3. The Bertz CT molecular complexity index is 1510. The van der Waals surface area contributed by atoms with Crippen LogP contribution >= 0.6 is 0 Å². The Labute approximate surface area is 183 Å². The number of pyridine rings is 2. The van der Waals surface area contributed by atoms with Crippen LogP contribution in [0.4, 0.5) is 0 Å². The second-order valence-electron chi connectivity index (χ2n) is 7.79. The fourth-order valence-corrected chi connectivity index (χ4v) is 4.59. The number of benzene rings is 2. The monoisotopic (exact) mass is 418 g/mol. The molecule has 1 aliphatic rings. The van der Waals surface area contributed by atoms with Crippen molar-refractivity contribution >= 4 is 16.9 Å². The molecule has 3 heterocycles. The number of nitrogens with one attached hydrogen (secondary N) is 2. The molecule has 1 aliphatic carbocycles. The number of carbonyl (C=O) groups excluding carboxylic acids is 1. The van der Waals surface area contributed by atoms with Crippen LogP contribution in [-0.4, -0.2) is 26.0 Å². The van der Waals surface area contributed by atoms with Gasteiger partial charge in [-0.05, 0) is 46.0 Å². The molecule has 2 aromatic carbocycles. The van der Waals surface area contributed by atoms with Gasteiger partial charge in [-0.2, -0.15) is 0 Å². The summed E-state index contributed by atoms with van der Waals surface area (Å²) >= 11 is 0. The summed E-state index contributed by atoms with van der Waals surface area (Å²) in [6, 6.07) is 19.1. The molecule has 0 saturated carbocycles. The molecule has 0 saturated heterocycles. The maximum absolute atomic E-state index is 13.3. The number of hydrogen-bond acceptors (Lipinski definition) is 4. The molecule has 5 aromatic rings. The predicted molar refractivity (Wildman–Crippen MR) is 122 cm³/mol. The Hall–Kier alpha value is -4.45. The molecule has 0 fully saturated rings. The normalized spacial score (nSPS) is 14.2. The molecular formula is C26H18N4O2. The zero-order valence-corrected chi connectivity index (χ0v) is 16.9. The van der Waals surface area contributed by atoms with E-state index in [4.69, 9.17) is 0 Å². The van der Waals surface area contributed by atoms with Crippen LogP contribution in [0.15, 0.2) is 85.5 Å². The van der Waals surface area contributed by atoms with E-state index in [0.29, 0.717) is 11.2 Å². The SMILES string of the molecule is O=C(NC1c2ccccc2-c2c(-c3cncc(O)c3)cccc21)c1ccnc2[nH]ccc12. The van der Waals surface area contributed by atoms with Gasteiger partial charge in [0.15, 0.2) is 0 Å². The van der Waals surface area contributed by atoms with Crippen molar-refractivity contribution in [2.45, 2.75) is 6.04 Å². The molecule has 1 amide bonds. The van der Waals surface area contributed by atoms with Crippen LogP contribution in [0, 0.1) is 0 Å². The summed E-state index contributed by atoms with van der Waals surface area (Å²) in [5.74, 6) is -0.0430. The number of nitrogens with zero attached hydrogens (tertiary/aromatic N) is 2. The van der Waals surface area contributed by atoms with Crippen molar-refractivity contribution in [2.75, 3.05) is 0 Å². The fourth-order valence-electron chi connectivity index (χ4n) is 4.59. The van der Waals surface area contributed by atoms with Crippen molar-refractivity contribution in [3.8, 4) is 28.0 Å². The maximum atomic E-state index is 13.3. The topological polar surface area (TPSA) is 90.9 Å². The summed E-state index contributed by atoms with van der Waals surface area (Å²) in [4.78, 5) is 24.8. The second kappa shape index (κ2) is 7.06. The quantitative estimate of drug-likeness (QED) is 0.391. The van der Waals surface area contributed by atoms with Crippen molar-refractivity contribution in [3.05, 3.63) is 102 Å². The fraction of sp³-hybridized carbons (Fsp3) is 0.0385. The maximum Gasteiger partial charge on any atom is 0.252 e. The lowest BCUT2D eigenvalue weighted by molar-refractivity contribution is 0.0945. The molecule has 0 radical (unpaired) electrons. The minimum atomic E-state index is -0.291. The average Bonchev–Trinajstić information content (AvgIpc) is 3.42. The molecule has 6 heteroatoms. The molecule has 6 rings (SSSR count). The number of rotatable bonds is 3. The van der Waals surface area contributed by atoms with Crippen LogP contribution in [0.3, 0.4) is 0 Å². The lowest BCUT2D eigenvalue weighted by Gasteiger charge is -2.17. The summed E-state index contributed by atoms with van der Waals surface area (Å²) in [7, 11) is 0. The Morgan fingerprint density at radius 2 is 1.81 bits per heavy atom. The molecule has 1 atom stereocenters.